The minimum atomic E-state index is -2.21. The number of nitrogens with zero attached hydrogens (tertiary/aromatic N) is 3. The fourth-order valence-corrected chi connectivity index (χ4v) is 8.93. The molecule has 0 saturated carbocycles. The van der Waals surface area contributed by atoms with Gasteiger partial charge in [-0.2, -0.15) is 0 Å². The Morgan fingerprint density at radius 1 is 0.700 bits per heavy atom. The number of hydrogen-bond donors (Lipinski definition) is 0. The molecule has 10 aromatic rings. The third kappa shape index (κ3) is 10.4. The summed E-state index contributed by atoms with van der Waals surface area (Å²) in [5, 5.41) is 1.90. The van der Waals surface area contributed by atoms with Crippen LogP contribution in [0.4, 0.5) is 0 Å². The first-order valence-corrected chi connectivity index (χ1v) is 23.5. The summed E-state index contributed by atoms with van der Waals surface area (Å²) in [5.74, 6) is -1.43. The molecule has 0 fully saturated rings. The van der Waals surface area contributed by atoms with E-state index in [0.717, 1.165) is 66.5 Å². The summed E-state index contributed by atoms with van der Waals surface area (Å²) < 4.78 is 90.5. The third-order valence-corrected chi connectivity index (χ3v) is 12.3. The number of benzene rings is 7. The monoisotopic (exact) mass is 1110 g/mol. The van der Waals surface area contributed by atoms with Crippen LogP contribution in [0, 0.1) is 31.3 Å². The summed E-state index contributed by atoms with van der Waals surface area (Å²) in [6.45, 7) is 14.8. The molecule has 10 rings (SSSR count). The Labute approximate surface area is 443 Å². The predicted molar refractivity (Wildman–Crippen MR) is 292 cm³/mol. The fraction of sp³-hybridized carbons (Fsp3) is 0.262. The zero-order valence-corrected chi connectivity index (χ0v) is 43.9. The van der Waals surface area contributed by atoms with Crippen LogP contribution in [0.25, 0.3) is 83.6 Å². The van der Waals surface area contributed by atoms with Crippen LogP contribution in [0.5, 0.6) is 0 Å². The Balaban J connectivity index is 0.000000283. The van der Waals surface area contributed by atoms with Crippen LogP contribution in [0.15, 0.2) is 156 Å². The van der Waals surface area contributed by atoms with Crippen molar-refractivity contribution in [2.45, 2.75) is 107 Å². The van der Waals surface area contributed by atoms with Gasteiger partial charge >= 0.3 is 0 Å². The Morgan fingerprint density at radius 2 is 1.39 bits per heavy atom. The third-order valence-electron chi connectivity index (χ3n) is 12.3. The smallest absolute Gasteiger partial charge is 0.121 e. The molecule has 3 heterocycles. The molecular formula is C65H65IrN3O-2. The SMILES string of the molecule is [2H]C(C)(C)c1cc(-c2ccccc2)cc(C([2H])(C)C)c1-n1c(-c2[c-]ccc3c2oc2cc(-c4ccc(C([2H])([2H])C(C)(C)C)cc4)ccc23)nc2ccccc21.[2H]C([2H])([2H])c1ccc(-c2[c-]cc(C([2H])([2H])[2H])c(C(C)(C)C)c2)nc1.[Ir]. The van der Waals surface area contributed by atoms with Gasteiger partial charge in [0.1, 0.15) is 5.58 Å². The molecule has 0 unspecified atom stereocenters. The number of aryl methyl sites for hydroxylation is 2. The van der Waals surface area contributed by atoms with E-state index in [9.17, 15) is 2.74 Å². The van der Waals surface area contributed by atoms with Crippen molar-refractivity contribution in [1.29, 1.82) is 0 Å². The van der Waals surface area contributed by atoms with Gasteiger partial charge in [0, 0.05) is 51.1 Å². The molecule has 0 amide bonds. The molecule has 4 nitrogen and oxygen atoms in total. The quantitative estimate of drug-likeness (QED) is 0.142. The Morgan fingerprint density at radius 3 is 2.03 bits per heavy atom. The molecule has 0 saturated heterocycles. The van der Waals surface area contributed by atoms with Crippen LogP contribution in [-0.2, 0) is 31.9 Å². The van der Waals surface area contributed by atoms with Gasteiger partial charge in [-0.15, -0.1) is 53.1 Å². The summed E-state index contributed by atoms with van der Waals surface area (Å²) in [7, 11) is 0. The second-order valence-electron chi connectivity index (χ2n) is 20.3. The second kappa shape index (κ2) is 20.1. The Bertz CT molecular complexity index is 3830. The van der Waals surface area contributed by atoms with Crippen molar-refractivity contribution >= 4 is 33.0 Å². The van der Waals surface area contributed by atoms with Gasteiger partial charge in [0.15, 0.2) is 0 Å². The van der Waals surface area contributed by atoms with Crippen LogP contribution >= 0.6 is 0 Å². The van der Waals surface area contributed by atoms with Gasteiger partial charge in [-0.25, -0.2) is 0 Å². The topological polar surface area (TPSA) is 43.9 Å². The van der Waals surface area contributed by atoms with E-state index >= 15 is 0 Å². The van der Waals surface area contributed by atoms with Crippen LogP contribution in [0.3, 0.4) is 0 Å². The van der Waals surface area contributed by atoms with E-state index in [1.807, 2.05) is 154 Å². The first kappa shape index (κ1) is 38.4. The van der Waals surface area contributed by atoms with Gasteiger partial charge in [-0.1, -0.05) is 178 Å². The number of para-hydroxylation sites is 2. The molecule has 70 heavy (non-hydrogen) atoms. The van der Waals surface area contributed by atoms with E-state index in [1.165, 1.54) is 18.3 Å². The van der Waals surface area contributed by atoms with Gasteiger partial charge in [0.25, 0.3) is 0 Å². The van der Waals surface area contributed by atoms with Crippen LogP contribution < -0.4 is 0 Å². The maximum atomic E-state index is 9.48. The largest absolute Gasteiger partial charge is 0.501 e. The van der Waals surface area contributed by atoms with E-state index in [2.05, 4.69) is 58.1 Å². The molecular weight excluding hydrogens is 1030 g/mol. The number of hydrogen-bond acceptors (Lipinski definition) is 3. The van der Waals surface area contributed by atoms with Gasteiger partial charge in [-0.3, -0.25) is 4.98 Å². The van der Waals surface area contributed by atoms with Crippen molar-refractivity contribution in [3.63, 3.8) is 0 Å². The van der Waals surface area contributed by atoms with Crippen LogP contribution in [0.2, 0.25) is 0 Å². The number of imidazole rings is 1. The van der Waals surface area contributed by atoms with Gasteiger partial charge in [-0.05, 0) is 116 Å². The molecule has 5 heteroatoms. The van der Waals surface area contributed by atoms with E-state index < -0.39 is 37.3 Å². The van der Waals surface area contributed by atoms with Crippen molar-refractivity contribution in [3.05, 3.63) is 197 Å². The van der Waals surface area contributed by atoms with E-state index in [1.54, 1.807) is 12.1 Å². The summed E-state index contributed by atoms with van der Waals surface area (Å²) in [5.41, 5.74) is 12.1. The molecule has 0 aliphatic carbocycles. The maximum absolute atomic E-state index is 9.48. The molecule has 3 aromatic heterocycles. The normalized spacial score (nSPS) is 14.9. The molecule has 7 aromatic carbocycles. The van der Waals surface area contributed by atoms with Crippen molar-refractivity contribution in [3.8, 4) is 50.6 Å². The average Bonchev–Trinajstić information content (AvgIpc) is 4.14. The average molecular weight is 1110 g/mol. The standard InChI is InChI=1S/C48H45N2O.C17H20N.Ir/c1-30(2)40-26-36(33-14-9-8-10-15-33)27-41(31(3)4)45(40)50-43-19-12-11-18-42(43)49-47(50)39-17-13-16-38-37-25-24-35(28-44(37)51-46(38)39)34-22-20-32(21-23-34)29-48(5,6)7;1-12-6-9-16(18-11-12)14-8-7-13(2)15(10-14)17(3,4)5;/h8-16,18-28,30-31H,29H2,1-7H3;6-7,9-11H,1-5H3;/q2*-1;/i29D2,30D,31D;1D3,2D3;. The summed E-state index contributed by atoms with van der Waals surface area (Å²) >= 11 is 0. The van der Waals surface area contributed by atoms with E-state index in [-0.39, 0.29) is 36.6 Å². The van der Waals surface area contributed by atoms with Crippen molar-refractivity contribution < 1.29 is 38.2 Å². The van der Waals surface area contributed by atoms with Crippen molar-refractivity contribution in [2.24, 2.45) is 5.41 Å². The Kier molecular flexibility index (Phi) is 11.0. The van der Waals surface area contributed by atoms with Crippen molar-refractivity contribution in [1.82, 2.24) is 14.5 Å². The fourth-order valence-electron chi connectivity index (χ4n) is 8.93. The molecule has 0 aliphatic heterocycles. The maximum Gasteiger partial charge on any atom is 0.121 e. The van der Waals surface area contributed by atoms with Crippen molar-refractivity contribution in [2.75, 3.05) is 0 Å². The van der Waals surface area contributed by atoms with Gasteiger partial charge in [0.2, 0.25) is 0 Å². The van der Waals surface area contributed by atoms with Crippen LogP contribution in [-0.4, -0.2) is 14.5 Å². The summed E-state index contributed by atoms with van der Waals surface area (Å²) in [4.78, 5) is 9.43. The minimum Gasteiger partial charge on any atom is -0.501 e. The predicted octanol–water partition coefficient (Wildman–Crippen LogP) is 18.0. The van der Waals surface area contributed by atoms with Crippen LogP contribution in [0.1, 0.15) is 128 Å². The van der Waals surface area contributed by atoms with Gasteiger partial charge in [0.05, 0.1) is 22.4 Å². The molecule has 0 spiro atoms. The van der Waals surface area contributed by atoms with E-state index in [4.69, 9.17) is 20.4 Å². The minimum absolute atomic E-state index is 0. The molecule has 0 bridgehead atoms. The first-order valence-electron chi connectivity index (χ1n) is 28.5. The van der Waals surface area contributed by atoms with E-state index in [0.29, 0.717) is 39.4 Å². The first-order chi connectivity index (χ1) is 36.7. The zero-order chi connectivity index (χ0) is 57.4. The zero-order valence-electron chi connectivity index (χ0n) is 51.5. The Hall–Kier alpha value is -6.39. The number of aromatic nitrogens is 3. The summed E-state index contributed by atoms with van der Waals surface area (Å²) in [6.07, 6.45) is -0.152. The molecule has 0 atom stereocenters. The molecule has 0 aliphatic rings. The number of pyridine rings is 1. The molecule has 1 radical (unpaired) electrons. The van der Waals surface area contributed by atoms with Gasteiger partial charge < -0.3 is 14.0 Å². The number of furan rings is 1. The number of fused-ring (bicyclic) bond motifs is 4. The number of rotatable bonds is 8. The molecule has 357 valence electrons. The molecule has 0 N–H and O–H groups in total. The second-order valence-corrected chi connectivity index (χ2v) is 20.3. The summed E-state index contributed by atoms with van der Waals surface area (Å²) in [6, 6.07) is 53.1.